The van der Waals surface area contributed by atoms with Gasteiger partial charge in [0.2, 0.25) is 5.22 Å². The van der Waals surface area contributed by atoms with Gasteiger partial charge in [-0.3, -0.25) is 14.9 Å². The number of nitro benzene ring substituents is 1. The molecule has 20 heavy (non-hydrogen) atoms. The van der Waals surface area contributed by atoms with Gasteiger partial charge in [0.25, 0.3) is 11.6 Å². The Morgan fingerprint density at radius 3 is 2.75 bits per heavy atom. The van der Waals surface area contributed by atoms with E-state index in [1.807, 2.05) is 0 Å². The zero-order chi connectivity index (χ0) is 14.7. The SMILES string of the molecule is N#Cc1ccc(NC(=O)c2ccoc2Cl)c([N+](=O)[O-])c1. The van der Waals surface area contributed by atoms with Gasteiger partial charge in [0, 0.05) is 6.07 Å². The van der Waals surface area contributed by atoms with Gasteiger partial charge in [-0.2, -0.15) is 5.26 Å². The predicted octanol–water partition coefficient (Wildman–Crippen LogP) is 2.97. The molecule has 0 spiro atoms. The molecule has 0 unspecified atom stereocenters. The minimum absolute atomic E-state index is 0.0312. The molecule has 7 nitrogen and oxygen atoms in total. The van der Waals surface area contributed by atoms with E-state index in [0.29, 0.717) is 0 Å². The second-order valence-electron chi connectivity index (χ2n) is 3.66. The molecule has 2 aromatic rings. The average Bonchev–Trinajstić information content (AvgIpc) is 2.85. The third-order valence-electron chi connectivity index (χ3n) is 2.43. The van der Waals surface area contributed by atoms with E-state index in [4.69, 9.17) is 21.3 Å². The lowest BCUT2D eigenvalue weighted by Crippen LogP contribution is -2.12. The Morgan fingerprint density at radius 1 is 1.45 bits per heavy atom. The van der Waals surface area contributed by atoms with E-state index in [2.05, 4.69) is 5.32 Å². The summed E-state index contributed by atoms with van der Waals surface area (Å²) in [4.78, 5) is 22.1. The molecule has 1 N–H and O–H groups in total. The van der Waals surface area contributed by atoms with Crippen LogP contribution >= 0.6 is 11.6 Å². The molecule has 1 aromatic heterocycles. The number of nitrogens with one attached hydrogen (secondary N) is 1. The number of nitro groups is 1. The van der Waals surface area contributed by atoms with Gasteiger partial charge < -0.3 is 9.73 Å². The lowest BCUT2D eigenvalue weighted by molar-refractivity contribution is -0.383. The second-order valence-corrected chi connectivity index (χ2v) is 4.01. The number of hydrogen-bond acceptors (Lipinski definition) is 5. The van der Waals surface area contributed by atoms with Crippen LogP contribution < -0.4 is 5.32 Å². The Labute approximate surface area is 117 Å². The van der Waals surface area contributed by atoms with Gasteiger partial charge in [0.15, 0.2) is 0 Å². The van der Waals surface area contributed by atoms with E-state index in [-0.39, 0.29) is 27.7 Å². The molecule has 0 saturated carbocycles. The lowest BCUT2D eigenvalue weighted by Gasteiger charge is -2.05. The molecule has 2 rings (SSSR count). The molecule has 0 atom stereocenters. The number of carbonyl (C=O) groups excluding carboxylic acids is 1. The summed E-state index contributed by atoms with van der Waals surface area (Å²) in [5.74, 6) is -0.642. The molecule has 8 heteroatoms. The summed E-state index contributed by atoms with van der Waals surface area (Å²) >= 11 is 5.65. The van der Waals surface area contributed by atoms with Gasteiger partial charge >= 0.3 is 0 Å². The molecule has 100 valence electrons. The van der Waals surface area contributed by atoms with Gasteiger partial charge in [0.1, 0.15) is 5.69 Å². The Hall–Kier alpha value is -2.85. The largest absolute Gasteiger partial charge is 0.452 e. The number of furan rings is 1. The van der Waals surface area contributed by atoms with Crippen molar-refractivity contribution in [2.75, 3.05) is 5.32 Å². The molecule has 0 aliphatic rings. The number of halogens is 1. The maximum atomic E-state index is 11.9. The van der Waals surface area contributed by atoms with E-state index in [1.165, 1.54) is 24.5 Å². The summed E-state index contributed by atoms with van der Waals surface area (Å²) in [6.45, 7) is 0. The number of benzene rings is 1. The number of carbonyl (C=O) groups is 1. The fraction of sp³-hybridized carbons (Fsp3) is 0. The van der Waals surface area contributed by atoms with Crippen LogP contribution in [0.4, 0.5) is 11.4 Å². The van der Waals surface area contributed by atoms with E-state index in [1.54, 1.807) is 6.07 Å². The van der Waals surface area contributed by atoms with Crippen LogP contribution in [-0.2, 0) is 0 Å². The summed E-state index contributed by atoms with van der Waals surface area (Å²) in [5.41, 5.74) is -0.227. The van der Waals surface area contributed by atoms with Crippen molar-refractivity contribution >= 4 is 28.9 Å². The molecule has 0 radical (unpaired) electrons. The number of anilines is 1. The number of rotatable bonds is 3. The van der Waals surface area contributed by atoms with Crippen molar-refractivity contribution in [3.63, 3.8) is 0 Å². The molecular formula is C12H6ClN3O4. The van der Waals surface area contributed by atoms with Gasteiger partial charge in [-0.15, -0.1) is 0 Å². The summed E-state index contributed by atoms with van der Waals surface area (Å²) in [6, 6.07) is 6.84. The van der Waals surface area contributed by atoms with E-state index >= 15 is 0 Å². The molecule has 0 aliphatic carbocycles. The quantitative estimate of drug-likeness (QED) is 0.690. The molecule has 1 amide bonds. The van der Waals surface area contributed by atoms with Crippen molar-refractivity contribution in [2.24, 2.45) is 0 Å². The highest BCUT2D eigenvalue weighted by Gasteiger charge is 2.19. The van der Waals surface area contributed by atoms with Crippen LogP contribution in [0.3, 0.4) is 0 Å². The number of nitrogens with zero attached hydrogens (tertiary/aromatic N) is 2. The highest BCUT2D eigenvalue weighted by molar-refractivity contribution is 6.32. The van der Waals surface area contributed by atoms with Crippen LogP contribution in [0, 0.1) is 21.4 Å². The fourth-order valence-corrected chi connectivity index (χ4v) is 1.70. The Bertz CT molecular complexity index is 733. The summed E-state index contributed by atoms with van der Waals surface area (Å²) < 4.78 is 4.77. The second kappa shape index (κ2) is 5.42. The number of amides is 1. The zero-order valence-corrected chi connectivity index (χ0v) is 10.5. The number of hydrogen-bond donors (Lipinski definition) is 1. The smallest absolute Gasteiger partial charge is 0.294 e. The van der Waals surface area contributed by atoms with Crippen molar-refractivity contribution in [2.45, 2.75) is 0 Å². The molecule has 0 fully saturated rings. The van der Waals surface area contributed by atoms with Crippen molar-refractivity contribution in [3.8, 4) is 6.07 Å². The van der Waals surface area contributed by atoms with Crippen molar-refractivity contribution in [3.05, 3.63) is 57.0 Å². The van der Waals surface area contributed by atoms with Crippen molar-refractivity contribution in [1.29, 1.82) is 5.26 Å². The van der Waals surface area contributed by atoms with E-state index in [9.17, 15) is 14.9 Å². The van der Waals surface area contributed by atoms with Gasteiger partial charge in [-0.05, 0) is 29.8 Å². The van der Waals surface area contributed by atoms with Crippen LogP contribution in [0.5, 0.6) is 0 Å². The number of nitriles is 1. The first-order valence-electron chi connectivity index (χ1n) is 5.26. The normalized spacial score (nSPS) is 9.80. The molecule has 0 bridgehead atoms. The Balaban J connectivity index is 2.35. The summed E-state index contributed by atoms with van der Waals surface area (Å²) in [5, 5.41) is 21.9. The maximum absolute atomic E-state index is 11.9. The predicted molar refractivity (Wildman–Crippen MR) is 69.5 cm³/mol. The van der Waals surface area contributed by atoms with Crippen molar-refractivity contribution in [1.82, 2.24) is 0 Å². The van der Waals surface area contributed by atoms with Crippen LogP contribution in [0.1, 0.15) is 15.9 Å². The molecule has 1 aromatic carbocycles. The highest BCUT2D eigenvalue weighted by atomic mass is 35.5. The first-order chi connectivity index (χ1) is 9.52. The van der Waals surface area contributed by atoms with E-state index < -0.39 is 10.8 Å². The molecule has 1 heterocycles. The van der Waals surface area contributed by atoms with Crippen molar-refractivity contribution < 1.29 is 14.1 Å². The standard InChI is InChI=1S/C12H6ClN3O4/c13-11-8(3-4-20-11)12(17)15-9-2-1-7(6-14)5-10(9)16(18)19/h1-5H,(H,15,17). The maximum Gasteiger partial charge on any atom is 0.294 e. The minimum Gasteiger partial charge on any atom is -0.452 e. The first-order valence-corrected chi connectivity index (χ1v) is 5.63. The monoisotopic (exact) mass is 291 g/mol. The highest BCUT2D eigenvalue weighted by Crippen LogP contribution is 2.27. The van der Waals surface area contributed by atoms with E-state index in [0.717, 1.165) is 6.07 Å². The first kappa shape index (κ1) is 13.6. The fourth-order valence-electron chi connectivity index (χ4n) is 1.50. The van der Waals surface area contributed by atoms with Crippen LogP contribution in [-0.4, -0.2) is 10.8 Å². The minimum atomic E-state index is -0.687. The zero-order valence-electron chi connectivity index (χ0n) is 9.79. The third-order valence-corrected chi connectivity index (χ3v) is 2.73. The Kier molecular flexibility index (Phi) is 3.68. The lowest BCUT2D eigenvalue weighted by atomic mass is 10.2. The van der Waals surface area contributed by atoms with Gasteiger partial charge in [-0.1, -0.05) is 0 Å². The van der Waals surface area contributed by atoms with Crippen LogP contribution in [0.25, 0.3) is 0 Å². The van der Waals surface area contributed by atoms with Crippen LogP contribution in [0.2, 0.25) is 5.22 Å². The summed E-state index contributed by atoms with van der Waals surface area (Å²) in [7, 11) is 0. The summed E-state index contributed by atoms with van der Waals surface area (Å²) in [6.07, 6.45) is 1.23. The van der Waals surface area contributed by atoms with Gasteiger partial charge in [-0.25, -0.2) is 0 Å². The molecule has 0 aliphatic heterocycles. The molecule has 0 saturated heterocycles. The Morgan fingerprint density at radius 2 is 2.20 bits per heavy atom. The molecular weight excluding hydrogens is 286 g/mol. The topological polar surface area (TPSA) is 109 Å². The third kappa shape index (κ3) is 2.60. The average molecular weight is 292 g/mol. The van der Waals surface area contributed by atoms with Crippen LogP contribution in [0.15, 0.2) is 34.9 Å². The van der Waals surface area contributed by atoms with Gasteiger partial charge in [0.05, 0.1) is 28.4 Å².